The fourth-order valence-electron chi connectivity index (χ4n) is 2.85. The highest BCUT2D eigenvalue weighted by molar-refractivity contribution is 8.17. The minimum Gasteiger partial charge on any atom is -0.315 e. The molecule has 0 aliphatic carbocycles. The van der Waals surface area contributed by atoms with Gasteiger partial charge in [-0.1, -0.05) is 36.4 Å². The molecule has 0 fully saturated rings. The standard InChI is InChI=1S/C18H19N6PS2/c1-13-16-17(24(20-13)15-11-7-4-8-12-15)21-25(26,22-18(16)27-2)23-19-14-9-5-3-6-10-14/h3-12,19H,1-2H3,(H2,21,22,23,26). The number of fused-ring (bicyclic) bond motifs is 1. The number of para-hydroxylation sites is 2. The van der Waals surface area contributed by atoms with Crippen LogP contribution in [-0.4, -0.2) is 21.1 Å². The Morgan fingerprint density at radius 1 is 1.07 bits per heavy atom. The number of thioether (sulfide) groups is 1. The maximum Gasteiger partial charge on any atom is 0.227 e. The topological polar surface area (TPSA) is 66.3 Å². The summed E-state index contributed by atoms with van der Waals surface area (Å²) >= 11 is 7.46. The van der Waals surface area contributed by atoms with Gasteiger partial charge in [-0.05, 0) is 49.3 Å². The van der Waals surface area contributed by atoms with E-state index in [1.165, 1.54) is 0 Å². The van der Waals surface area contributed by atoms with Gasteiger partial charge in [-0.2, -0.15) is 10.3 Å². The zero-order valence-electron chi connectivity index (χ0n) is 14.9. The molecule has 1 unspecified atom stereocenters. The van der Waals surface area contributed by atoms with Crippen molar-refractivity contribution in [2.24, 2.45) is 4.76 Å². The molecule has 6 nitrogen and oxygen atoms in total. The van der Waals surface area contributed by atoms with E-state index in [4.69, 9.17) is 21.7 Å². The third-order valence-electron chi connectivity index (χ3n) is 4.08. The van der Waals surface area contributed by atoms with Crippen LogP contribution < -0.4 is 15.7 Å². The van der Waals surface area contributed by atoms with Crippen molar-refractivity contribution in [3.8, 4) is 5.69 Å². The first-order valence-electron chi connectivity index (χ1n) is 8.36. The smallest absolute Gasteiger partial charge is 0.227 e. The molecule has 0 bridgehead atoms. The van der Waals surface area contributed by atoms with Crippen LogP contribution in [0.4, 0.5) is 11.5 Å². The second kappa shape index (κ2) is 7.48. The fraction of sp³-hybridized carbons (Fsp3) is 0.111. The normalized spacial score (nSPS) is 18.4. The Morgan fingerprint density at radius 2 is 1.74 bits per heavy atom. The molecule has 0 spiro atoms. The van der Waals surface area contributed by atoms with Crippen molar-refractivity contribution in [3.05, 3.63) is 71.9 Å². The average molecular weight is 415 g/mol. The number of aryl methyl sites for hydroxylation is 1. The molecule has 9 heteroatoms. The van der Waals surface area contributed by atoms with Crippen molar-refractivity contribution in [3.63, 3.8) is 0 Å². The molecular weight excluding hydrogens is 395 g/mol. The third-order valence-corrected chi connectivity index (χ3v) is 7.10. The minimum absolute atomic E-state index is 0.878. The molecule has 1 aliphatic rings. The second-order valence-corrected chi connectivity index (χ2v) is 10.1. The lowest BCUT2D eigenvalue weighted by Gasteiger charge is -2.27. The van der Waals surface area contributed by atoms with E-state index in [9.17, 15) is 0 Å². The van der Waals surface area contributed by atoms with Gasteiger partial charge in [0.15, 0.2) is 0 Å². The number of benzene rings is 2. The van der Waals surface area contributed by atoms with E-state index in [1.807, 2.05) is 78.5 Å². The highest BCUT2D eigenvalue weighted by atomic mass is 32.4. The zero-order valence-corrected chi connectivity index (χ0v) is 17.4. The van der Waals surface area contributed by atoms with E-state index >= 15 is 0 Å². The Bertz CT molecular complexity index is 1030. The minimum atomic E-state index is -2.49. The number of rotatable bonds is 4. The van der Waals surface area contributed by atoms with Crippen molar-refractivity contribution in [2.45, 2.75) is 6.92 Å². The number of aromatic nitrogens is 2. The van der Waals surface area contributed by atoms with Gasteiger partial charge < -0.3 is 10.5 Å². The van der Waals surface area contributed by atoms with Crippen LogP contribution in [0.1, 0.15) is 11.3 Å². The monoisotopic (exact) mass is 414 g/mol. The maximum atomic E-state index is 5.88. The first-order valence-corrected chi connectivity index (χ1v) is 12.3. The first-order chi connectivity index (χ1) is 13.1. The van der Waals surface area contributed by atoms with Crippen LogP contribution in [0, 0.1) is 6.92 Å². The molecule has 0 amide bonds. The van der Waals surface area contributed by atoms with Gasteiger partial charge >= 0.3 is 0 Å². The van der Waals surface area contributed by atoms with Crippen LogP contribution in [0.3, 0.4) is 0 Å². The summed E-state index contributed by atoms with van der Waals surface area (Å²) < 4.78 is 6.73. The summed E-state index contributed by atoms with van der Waals surface area (Å²) in [6.07, 6.45) is 2.01. The number of nitrogens with one attached hydrogen (secondary N) is 3. The van der Waals surface area contributed by atoms with Gasteiger partial charge in [0.25, 0.3) is 0 Å². The van der Waals surface area contributed by atoms with Crippen molar-refractivity contribution >= 4 is 46.6 Å². The van der Waals surface area contributed by atoms with E-state index in [2.05, 4.69) is 15.7 Å². The maximum absolute atomic E-state index is 5.88. The molecule has 27 heavy (non-hydrogen) atoms. The van der Waals surface area contributed by atoms with E-state index in [-0.39, 0.29) is 0 Å². The molecule has 0 saturated carbocycles. The summed E-state index contributed by atoms with van der Waals surface area (Å²) in [7, 11) is 0. The summed E-state index contributed by atoms with van der Waals surface area (Å²) in [6.45, 7) is -0.493. The number of hydrazine groups is 1. The Morgan fingerprint density at radius 3 is 2.41 bits per heavy atom. The average Bonchev–Trinajstić information content (AvgIpc) is 3.03. The molecule has 3 aromatic rings. The van der Waals surface area contributed by atoms with E-state index in [0.29, 0.717) is 0 Å². The van der Waals surface area contributed by atoms with Crippen LogP contribution in [0.15, 0.2) is 65.4 Å². The summed E-state index contributed by atoms with van der Waals surface area (Å²) in [5.41, 5.74) is 7.03. The van der Waals surface area contributed by atoms with Gasteiger partial charge in [0.05, 0.1) is 16.9 Å². The molecule has 0 saturated heterocycles. The lowest BCUT2D eigenvalue weighted by molar-refractivity contribution is 0.871. The van der Waals surface area contributed by atoms with Crippen LogP contribution in [0.2, 0.25) is 0 Å². The highest BCUT2D eigenvalue weighted by Crippen LogP contribution is 2.50. The van der Waals surface area contributed by atoms with Gasteiger partial charge in [0.1, 0.15) is 10.9 Å². The SMILES string of the molecule is CSC1=NP(=S)(NNc2ccccc2)Nc2c1c(C)nn2-c1ccccc1. The van der Waals surface area contributed by atoms with Crippen molar-refractivity contribution in [1.82, 2.24) is 15.0 Å². The van der Waals surface area contributed by atoms with E-state index < -0.39 is 6.49 Å². The molecule has 1 aromatic heterocycles. The zero-order chi connectivity index (χ0) is 18.9. The number of hydrogen-bond donors (Lipinski definition) is 3. The Balaban J connectivity index is 1.72. The Kier molecular flexibility index (Phi) is 5.06. The van der Waals surface area contributed by atoms with Gasteiger partial charge in [0, 0.05) is 5.69 Å². The predicted molar refractivity (Wildman–Crippen MR) is 119 cm³/mol. The third kappa shape index (κ3) is 3.66. The molecule has 2 aromatic carbocycles. The molecular formula is C18H19N6PS2. The molecule has 1 aliphatic heterocycles. The lowest BCUT2D eigenvalue weighted by Crippen LogP contribution is -2.25. The van der Waals surface area contributed by atoms with E-state index in [0.717, 1.165) is 33.5 Å². The van der Waals surface area contributed by atoms with Crippen LogP contribution >= 0.6 is 18.3 Å². The highest BCUT2D eigenvalue weighted by Gasteiger charge is 2.31. The molecule has 4 rings (SSSR count). The van der Waals surface area contributed by atoms with Crippen LogP contribution in [0.25, 0.3) is 5.69 Å². The molecule has 2 heterocycles. The summed E-state index contributed by atoms with van der Waals surface area (Å²) in [5.74, 6) is 0.878. The first kappa shape index (κ1) is 18.3. The summed E-state index contributed by atoms with van der Waals surface area (Å²) in [5, 5.41) is 12.3. The number of anilines is 2. The largest absolute Gasteiger partial charge is 0.315 e. The van der Waals surface area contributed by atoms with Crippen molar-refractivity contribution in [1.29, 1.82) is 0 Å². The molecule has 1 atom stereocenters. The molecule has 0 radical (unpaired) electrons. The molecule has 138 valence electrons. The fourth-order valence-corrected chi connectivity index (χ4v) is 6.07. The number of hydrogen-bond acceptors (Lipinski definition) is 4. The summed E-state index contributed by atoms with van der Waals surface area (Å²) in [6, 6.07) is 19.9. The van der Waals surface area contributed by atoms with Gasteiger partial charge in [0.2, 0.25) is 6.49 Å². The van der Waals surface area contributed by atoms with Gasteiger partial charge in [-0.25, -0.2) is 9.44 Å². The second-order valence-electron chi connectivity index (χ2n) is 5.96. The molecule has 3 N–H and O–H groups in total. The summed E-state index contributed by atoms with van der Waals surface area (Å²) in [4.78, 5) is 0. The van der Waals surface area contributed by atoms with Gasteiger partial charge in [-0.3, -0.25) is 0 Å². The predicted octanol–water partition coefficient (Wildman–Crippen LogP) is 4.56. The van der Waals surface area contributed by atoms with Crippen molar-refractivity contribution in [2.75, 3.05) is 16.8 Å². The van der Waals surface area contributed by atoms with Crippen LogP contribution in [-0.2, 0) is 11.8 Å². The van der Waals surface area contributed by atoms with Crippen LogP contribution in [0.5, 0.6) is 0 Å². The van der Waals surface area contributed by atoms with E-state index in [1.54, 1.807) is 11.8 Å². The quantitative estimate of drug-likeness (QED) is 0.430. The lowest BCUT2D eigenvalue weighted by atomic mass is 10.2. The van der Waals surface area contributed by atoms with Gasteiger partial charge in [-0.15, -0.1) is 11.8 Å². The number of nitrogens with zero attached hydrogens (tertiary/aromatic N) is 3. The van der Waals surface area contributed by atoms with Crippen molar-refractivity contribution < 1.29 is 0 Å². The Labute approximate surface area is 167 Å². The Hall–Kier alpha value is -2.12.